The van der Waals surface area contributed by atoms with Crippen LogP contribution in [0.3, 0.4) is 0 Å². The van der Waals surface area contributed by atoms with E-state index in [1.807, 2.05) is 23.9 Å². The topological polar surface area (TPSA) is 60.2 Å². The lowest BCUT2D eigenvalue weighted by molar-refractivity contribution is 0.130. The summed E-state index contributed by atoms with van der Waals surface area (Å²) in [6.07, 6.45) is 6.57. The molecule has 0 aliphatic carbocycles. The molecule has 4 rings (SSSR count). The highest BCUT2D eigenvalue weighted by molar-refractivity contribution is 5.70. The van der Waals surface area contributed by atoms with Gasteiger partial charge in [0.15, 0.2) is 5.75 Å². The minimum atomic E-state index is -0.350. The predicted octanol–water partition coefficient (Wildman–Crippen LogP) is 4.23. The number of halogens is 1. The van der Waals surface area contributed by atoms with Gasteiger partial charge in [-0.3, -0.25) is 9.67 Å². The van der Waals surface area contributed by atoms with E-state index in [0.29, 0.717) is 18.8 Å². The minimum absolute atomic E-state index is 0.222. The fourth-order valence-corrected chi connectivity index (χ4v) is 3.32. The van der Waals surface area contributed by atoms with Crippen molar-refractivity contribution in [3.63, 3.8) is 0 Å². The van der Waals surface area contributed by atoms with Crippen LogP contribution >= 0.6 is 0 Å². The molecule has 1 fully saturated rings. The molecule has 28 heavy (non-hydrogen) atoms. The summed E-state index contributed by atoms with van der Waals surface area (Å²) in [6, 6.07) is 10.2. The molecular formula is C21H21FN4O2. The summed E-state index contributed by atoms with van der Waals surface area (Å²) in [5, 5.41) is 4.46. The lowest BCUT2D eigenvalue weighted by Crippen LogP contribution is -2.40. The molecule has 6 nitrogen and oxygen atoms in total. The molecule has 1 amide bonds. The first kappa shape index (κ1) is 18.2. The van der Waals surface area contributed by atoms with Crippen LogP contribution in [0.4, 0.5) is 9.18 Å². The summed E-state index contributed by atoms with van der Waals surface area (Å²) in [6.45, 7) is 3.09. The summed E-state index contributed by atoms with van der Waals surface area (Å²) < 4.78 is 20.4. The molecule has 1 aliphatic rings. The number of piperidine rings is 1. The van der Waals surface area contributed by atoms with E-state index in [9.17, 15) is 9.18 Å². The summed E-state index contributed by atoms with van der Waals surface area (Å²) >= 11 is 0. The van der Waals surface area contributed by atoms with Crippen molar-refractivity contribution in [1.29, 1.82) is 0 Å². The van der Waals surface area contributed by atoms with E-state index < -0.39 is 0 Å². The van der Waals surface area contributed by atoms with Crippen LogP contribution in [-0.4, -0.2) is 38.8 Å². The Labute approximate surface area is 162 Å². The molecule has 0 N–H and O–H groups in total. The lowest BCUT2D eigenvalue weighted by atomic mass is 10.1. The number of aryl methyl sites for hydroxylation is 1. The first-order valence-electron chi connectivity index (χ1n) is 9.28. The highest BCUT2D eigenvalue weighted by Crippen LogP contribution is 2.26. The average molecular weight is 380 g/mol. The quantitative estimate of drug-likeness (QED) is 0.682. The van der Waals surface area contributed by atoms with E-state index in [1.54, 1.807) is 35.5 Å². The molecule has 3 heterocycles. The van der Waals surface area contributed by atoms with Crippen molar-refractivity contribution in [2.24, 2.45) is 0 Å². The number of benzene rings is 1. The zero-order valence-corrected chi connectivity index (χ0v) is 15.6. The second kappa shape index (κ2) is 7.80. The highest BCUT2D eigenvalue weighted by atomic mass is 19.1. The van der Waals surface area contributed by atoms with Gasteiger partial charge >= 0.3 is 6.09 Å². The van der Waals surface area contributed by atoms with Crippen LogP contribution in [0.1, 0.15) is 24.6 Å². The second-order valence-corrected chi connectivity index (χ2v) is 6.94. The standard InChI is InChI=1S/C21H21FN4O2/c1-15-2-7-20(13-23-15)28-21(27)25-10-8-19(9-11-25)26-14-17(12-24-26)16-3-5-18(22)6-4-16/h2-7,12-14,19H,8-11H2,1H3. The number of likely N-dealkylation sites (tertiary alicyclic amines) is 1. The molecule has 0 bridgehead atoms. The maximum absolute atomic E-state index is 13.1. The number of pyridine rings is 1. The van der Waals surface area contributed by atoms with Crippen molar-refractivity contribution in [2.75, 3.05) is 13.1 Å². The summed E-state index contributed by atoms with van der Waals surface area (Å²) in [7, 11) is 0. The van der Waals surface area contributed by atoms with Crippen molar-refractivity contribution < 1.29 is 13.9 Å². The SMILES string of the molecule is Cc1ccc(OC(=O)N2CCC(n3cc(-c4ccc(F)cc4)cn3)CC2)cn1. The van der Waals surface area contributed by atoms with Crippen molar-refractivity contribution in [2.45, 2.75) is 25.8 Å². The number of hydrogen-bond acceptors (Lipinski definition) is 4. The molecule has 7 heteroatoms. The van der Waals surface area contributed by atoms with Gasteiger partial charge in [-0.2, -0.15) is 5.10 Å². The fourth-order valence-electron chi connectivity index (χ4n) is 3.32. The molecule has 144 valence electrons. The Kier molecular flexibility index (Phi) is 5.06. The van der Waals surface area contributed by atoms with Gasteiger partial charge < -0.3 is 9.64 Å². The van der Waals surface area contributed by atoms with Gasteiger partial charge in [0, 0.05) is 30.5 Å². The molecule has 1 saturated heterocycles. The Morgan fingerprint density at radius 1 is 1.07 bits per heavy atom. The Hall–Kier alpha value is -3.22. The van der Waals surface area contributed by atoms with Gasteiger partial charge in [0.2, 0.25) is 0 Å². The van der Waals surface area contributed by atoms with E-state index >= 15 is 0 Å². The Morgan fingerprint density at radius 3 is 2.50 bits per heavy atom. The van der Waals surface area contributed by atoms with Crippen LogP contribution in [0, 0.1) is 12.7 Å². The number of nitrogens with zero attached hydrogens (tertiary/aromatic N) is 4. The average Bonchev–Trinajstić information content (AvgIpc) is 3.20. The Bertz CT molecular complexity index is 945. The fraction of sp³-hybridized carbons (Fsp3) is 0.286. The van der Waals surface area contributed by atoms with E-state index in [4.69, 9.17) is 4.74 Å². The lowest BCUT2D eigenvalue weighted by Gasteiger charge is -2.31. The van der Waals surface area contributed by atoms with Crippen LogP contribution in [0.5, 0.6) is 5.75 Å². The normalized spacial score (nSPS) is 14.9. The Morgan fingerprint density at radius 2 is 1.82 bits per heavy atom. The molecule has 0 saturated carbocycles. The number of hydrogen-bond donors (Lipinski definition) is 0. The number of ether oxygens (including phenoxy) is 1. The zero-order chi connectivity index (χ0) is 19.5. The van der Waals surface area contributed by atoms with Gasteiger partial charge in [-0.15, -0.1) is 0 Å². The van der Waals surface area contributed by atoms with Crippen molar-refractivity contribution >= 4 is 6.09 Å². The first-order chi connectivity index (χ1) is 13.6. The summed E-state index contributed by atoms with van der Waals surface area (Å²) in [5.41, 5.74) is 2.76. The van der Waals surface area contributed by atoms with Crippen molar-refractivity contribution in [3.8, 4) is 16.9 Å². The molecule has 0 unspecified atom stereocenters. The van der Waals surface area contributed by atoms with Gasteiger partial charge in [-0.25, -0.2) is 9.18 Å². The smallest absolute Gasteiger partial charge is 0.409 e. The van der Waals surface area contributed by atoms with Crippen molar-refractivity contribution in [1.82, 2.24) is 19.7 Å². The Balaban J connectivity index is 1.34. The summed E-state index contributed by atoms with van der Waals surface area (Å²) in [5.74, 6) is 0.200. The van der Waals surface area contributed by atoms with Crippen LogP contribution in [0.15, 0.2) is 55.0 Å². The van der Waals surface area contributed by atoms with Crippen LogP contribution in [0.25, 0.3) is 11.1 Å². The van der Waals surface area contributed by atoms with Gasteiger partial charge in [-0.1, -0.05) is 12.1 Å². The number of carbonyl (C=O) groups is 1. The molecular weight excluding hydrogens is 359 g/mol. The second-order valence-electron chi connectivity index (χ2n) is 6.94. The van der Waals surface area contributed by atoms with E-state index in [1.165, 1.54) is 12.1 Å². The molecule has 0 radical (unpaired) electrons. The van der Waals surface area contributed by atoms with Gasteiger partial charge in [0.1, 0.15) is 5.82 Å². The predicted molar refractivity (Wildman–Crippen MR) is 102 cm³/mol. The van der Waals surface area contributed by atoms with E-state index in [2.05, 4.69) is 10.1 Å². The summed E-state index contributed by atoms with van der Waals surface area (Å²) in [4.78, 5) is 18.2. The van der Waals surface area contributed by atoms with Crippen LogP contribution in [0.2, 0.25) is 0 Å². The first-order valence-corrected chi connectivity index (χ1v) is 9.28. The molecule has 1 aliphatic heterocycles. The number of amides is 1. The third-order valence-corrected chi connectivity index (χ3v) is 4.97. The van der Waals surface area contributed by atoms with Gasteiger partial charge in [0.05, 0.1) is 18.4 Å². The zero-order valence-electron chi connectivity index (χ0n) is 15.6. The van der Waals surface area contributed by atoms with Crippen molar-refractivity contribution in [3.05, 3.63) is 66.5 Å². The largest absolute Gasteiger partial charge is 0.415 e. The molecule has 0 atom stereocenters. The molecule has 1 aromatic carbocycles. The number of rotatable bonds is 3. The maximum Gasteiger partial charge on any atom is 0.415 e. The third-order valence-electron chi connectivity index (χ3n) is 4.97. The molecule has 0 spiro atoms. The molecule has 2 aromatic heterocycles. The van der Waals surface area contributed by atoms with E-state index in [-0.39, 0.29) is 18.0 Å². The minimum Gasteiger partial charge on any atom is -0.409 e. The number of aromatic nitrogens is 3. The third kappa shape index (κ3) is 4.03. The highest BCUT2D eigenvalue weighted by Gasteiger charge is 2.25. The van der Waals surface area contributed by atoms with Crippen LogP contribution in [-0.2, 0) is 0 Å². The maximum atomic E-state index is 13.1. The van der Waals surface area contributed by atoms with Gasteiger partial charge in [-0.05, 0) is 49.6 Å². The monoisotopic (exact) mass is 380 g/mol. The van der Waals surface area contributed by atoms with Crippen LogP contribution < -0.4 is 4.74 Å². The van der Waals surface area contributed by atoms with E-state index in [0.717, 1.165) is 29.7 Å². The van der Waals surface area contributed by atoms with Gasteiger partial charge in [0.25, 0.3) is 0 Å². The molecule has 3 aromatic rings. The number of carbonyl (C=O) groups excluding carboxylic acids is 1.